The number of thioether (sulfide) groups is 1. The number of anilines is 1. The number of rotatable bonds is 6. The molecule has 3 rings (SSSR count). The minimum atomic E-state index is -1.32. The molecule has 0 bridgehead atoms. The first-order valence-corrected chi connectivity index (χ1v) is 9.31. The van der Waals surface area contributed by atoms with Crippen molar-refractivity contribution in [3.8, 4) is 0 Å². The lowest BCUT2D eigenvalue weighted by Gasteiger charge is -2.52. The van der Waals surface area contributed by atoms with Crippen molar-refractivity contribution < 1.29 is 29.0 Å². The van der Waals surface area contributed by atoms with Gasteiger partial charge in [-0.3, -0.25) is 19.4 Å². The molecule has 11 heteroatoms. The molecule has 0 radical (unpaired) electrons. The quantitative estimate of drug-likeness (QED) is 0.543. The fraction of sp³-hybridized carbons (Fsp3) is 0.294. The zero-order valence-corrected chi connectivity index (χ0v) is 15.4. The van der Waals surface area contributed by atoms with Crippen LogP contribution in [0.15, 0.2) is 41.6 Å². The Morgan fingerprint density at radius 1 is 1.29 bits per heavy atom. The van der Waals surface area contributed by atoms with Gasteiger partial charge in [0.25, 0.3) is 5.91 Å². The second-order valence-corrected chi connectivity index (χ2v) is 7.13. The average molecular weight is 406 g/mol. The zero-order chi connectivity index (χ0) is 20.4. The maximum Gasteiger partial charge on any atom is 0.404 e. The smallest absolute Gasteiger partial charge is 0.404 e. The largest absolute Gasteiger partial charge is 0.477 e. The number of carbonyl (C=O) groups is 4. The van der Waals surface area contributed by atoms with Gasteiger partial charge in [-0.15, -0.1) is 11.8 Å². The first kappa shape index (κ1) is 19.7. The van der Waals surface area contributed by atoms with Gasteiger partial charge in [-0.2, -0.15) is 0 Å². The van der Waals surface area contributed by atoms with E-state index in [1.54, 1.807) is 30.3 Å². The summed E-state index contributed by atoms with van der Waals surface area (Å²) in [5.41, 5.74) is 11.0. The van der Waals surface area contributed by atoms with Gasteiger partial charge in [0, 0.05) is 17.0 Å². The van der Waals surface area contributed by atoms with E-state index in [9.17, 15) is 24.3 Å². The molecule has 0 spiro atoms. The number of primary amides is 1. The normalized spacial score (nSPS) is 20.9. The monoisotopic (exact) mass is 406 g/mol. The molecule has 2 atom stereocenters. The van der Waals surface area contributed by atoms with Gasteiger partial charge in [-0.25, -0.2) is 9.59 Å². The van der Waals surface area contributed by atoms with Crippen LogP contribution in [0.4, 0.5) is 10.5 Å². The third-order valence-corrected chi connectivity index (χ3v) is 5.69. The Labute approximate surface area is 164 Å². The van der Waals surface area contributed by atoms with E-state index >= 15 is 0 Å². The Morgan fingerprint density at radius 3 is 2.54 bits per heavy atom. The molecule has 2 heterocycles. The molecule has 148 valence electrons. The van der Waals surface area contributed by atoms with Crippen molar-refractivity contribution in [1.29, 1.82) is 0 Å². The predicted octanol–water partition coefficient (Wildman–Crippen LogP) is -0.304. The molecule has 1 fully saturated rings. The van der Waals surface area contributed by atoms with Gasteiger partial charge in [0.05, 0.1) is 6.54 Å². The number of hydrogen-bond acceptors (Lipinski definition) is 7. The molecule has 0 aliphatic carbocycles. The van der Waals surface area contributed by atoms with Crippen molar-refractivity contribution in [1.82, 2.24) is 4.90 Å². The molecule has 2 aliphatic heterocycles. The van der Waals surface area contributed by atoms with Gasteiger partial charge in [0.1, 0.15) is 23.7 Å². The third-order valence-electron chi connectivity index (χ3n) is 4.37. The Morgan fingerprint density at radius 2 is 1.96 bits per heavy atom. The van der Waals surface area contributed by atoms with E-state index in [0.717, 1.165) is 4.90 Å². The number of amides is 3. The molecular weight excluding hydrogens is 388 g/mol. The average Bonchev–Trinajstić information content (AvgIpc) is 2.69. The summed E-state index contributed by atoms with van der Waals surface area (Å²) in [5.74, 6) is -2.11. The lowest BCUT2D eigenvalue weighted by molar-refractivity contribution is -0.149. The number of β-lactam (4-membered cyclic amide) rings is 1. The highest BCUT2D eigenvalue weighted by Gasteiger charge is 2.57. The molecule has 1 aromatic carbocycles. The third kappa shape index (κ3) is 3.41. The Bertz CT molecular complexity index is 858. The van der Waals surface area contributed by atoms with Gasteiger partial charge in [0.15, 0.2) is 0 Å². The fourth-order valence-electron chi connectivity index (χ4n) is 3.18. The molecule has 3 amide bonds. The summed E-state index contributed by atoms with van der Waals surface area (Å²) < 4.78 is 4.69. The van der Waals surface area contributed by atoms with Gasteiger partial charge < -0.3 is 21.3 Å². The highest BCUT2D eigenvalue weighted by Crippen LogP contribution is 2.43. The maximum atomic E-state index is 12.9. The second kappa shape index (κ2) is 7.90. The van der Waals surface area contributed by atoms with Crippen molar-refractivity contribution in [3.05, 3.63) is 41.6 Å². The van der Waals surface area contributed by atoms with E-state index in [2.05, 4.69) is 4.74 Å². The van der Waals surface area contributed by atoms with E-state index < -0.39 is 35.3 Å². The molecule has 10 nitrogen and oxygen atoms in total. The van der Waals surface area contributed by atoms with Crippen molar-refractivity contribution >= 4 is 41.3 Å². The van der Waals surface area contributed by atoms with Crippen LogP contribution in [0.25, 0.3) is 0 Å². The van der Waals surface area contributed by atoms with Crippen molar-refractivity contribution in [2.75, 3.05) is 23.8 Å². The van der Waals surface area contributed by atoms with Crippen molar-refractivity contribution in [2.24, 2.45) is 11.5 Å². The number of ether oxygens (including phenoxy) is 1. The topological polar surface area (TPSA) is 156 Å². The molecular formula is C17H18N4O6S. The highest BCUT2D eigenvalue weighted by molar-refractivity contribution is 8.00. The Hall–Kier alpha value is -3.05. The van der Waals surface area contributed by atoms with E-state index in [4.69, 9.17) is 11.5 Å². The minimum absolute atomic E-state index is 0.208. The number of para-hydroxylation sites is 1. The number of fused-ring (bicyclic) bond motifs is 1. The number of hydrogen-bond donors (Lipinski definition) is 3. The minimum Gasteiger partial charge on any atom is -0.477 e. The molecule has 2 aliphatic rings. The van der Waals surface area contributed by atoms with Crippen LogP contribution in [0.3, 0.4) is 0 Å². The van der Waals surface area contributed by atoms with E-state index in [1.807, 2.05) is 0 Å². The SMILES string of the molecule is NCC(=O)N(c1ccccc1)C1C(=O)N2C(C(=O)O)=C(COC(N)=O)CS[C@@H]12. The molecule has 28 heavy (non-hydrogen) atoms. The predicted molar refractivity (Wildman–Crippen MR) is 100 cm³/mol. The molecule has 0 saturated carbocycles. The maximum absolute atomic E-state index is 12.9. The number of aliphatic carboxylic acids is 1. The van der Waals surface area contributed by atoms with Gasteiger partial charge in [-0.1, -0.05) is 18.2 Å². The summed E-state index contributed by atoms with van der Waals surface area (Å²) in [6, 6.07) is 7.70. The number of carboxylic acids is 1. The molecule has 5 N–H and O–H groups in total. The molecule has 1 unspecified atom stereocenters. The van der Waals surface area contributed by atoms with Gasteiger partial charge in [-0.05, 0) is 12.1 Å². The van der Waals surface area contributed by atoms with Crippen LogP contribution in [0.2, 0.25) is 0 Å². The number of carboxylic acid groups (broad SMARTS) is 1. The summed E-state index contributed by atoms with van der Waals surface area (Å²) in [4.78, 5) is 50.3. The van der Waals surface area contributed by atoms with Crippen LogP contribution in [0, 0.1) is 0 Å². The van der Waals surface area contributed by atoms with Crippen molar-refractivity contribution in [2.45, 2.75) is 11.4 Å². The summed E-state index contributed by atoms with van der Waals surface area (Å²) in [5, 5.41) is 8.99. The zero-order valence-electron chi connectivity index (χ0n) is 14.6. The first-order chi connectivity index (χ1) is 13.4. The number of nitrogens with two attached hydrogens (primary N) is 2. The summed E-state index contributed by atoms with van der Waals surface area (Å²) in [6.45, 7) is -0.620. The second-order valence-electron chi connectivity index (χ2n) is 6.02. The van der Waals surface area contributed by atoms with Crippen LogP contribution in [0.5, 0.6) is 0 Å². The van der Waals surface area contributed by atoms with Gasteiger partial charge >= 0.3 is 12.1 Å². The Balaban J connectivity index is 1.93. The van der Waals surface area contributed by atoms with Crippen LogP contribution >= 0.6 is 11.8 Å². The summed E-state index contributed by atoms with van der Waals surface area (Å²) >= 11 is 1.27. The van der Waals surface area contributed by atoms with E-state index in [0.29, 0.717) is 5.69 Å². The summed E-state index contributed by atoms with van der Waals surface area (Å²) in [6.07, 6.45) is -1.04. The number of benzene rings is 1. The number of nitrogens with zero attached hydrogens (tertiary/aromatic N) is 2. The van der Waals surface area contributed by atoms with E-state index in [-0.39, 0.29) is 30.2 Å². The van der Waals surface area contributed by atoms with E-state index in [1.165, 1.54) is 16.7 Å². The molecule has 1 aromatic rings. The fourth-order valence-corrected chi connectivity index (χ4v) is 4.55. The van der Waals surface area contributed by atoms with Crippen LogP contribution in [0.1, 0.15) is 0 Å². The van der Waals surface area contributed by atoms with Crippen LogP contribution in [-0.2, 0) is 19.1 Å². The molecule has 0 aromatic heterocycles. The highest BCUT2D eigenvalue weighted by atomic mass is 32.2. The van der Waals surface area contributed by atoms with Crippen molar-refractivity contribution in [3.63, 3.8) is 0 Å². The summed E-state index contributed by atoms with van der Waals surface area (Å²) in [7, 11) is 0. The first-order valence-electron chi connectivity index (χ1n) is 8.26. The number of carbonyl (C=O) groups excluding carboxylic acids is 3. The van der Waals surface area contributed by atoms with Crippen LogP contribution < -0.4 is 16.4 Å². The Kier molecular flexibility index (Phi) is 5.56. The van der Waals surface area contributed by atoms with Crippen LogP contribution in [-0.4, -0.2) is 64.2 Å². The standard InChI is InChI=1S/C17H18N4O6S/c18-6-11(22)20(10-4-2-1-3-5-10)13-14(23)21-12(16(24)25)9(7-27-17(19)26)8-28-15(13)21/h1-5,13,15H,6-8,18H2,(H2,19,26)(H,24,25)/t13?,15-/m0/s1. The lowest BCUT2D eigenvalue weighted by Crippen LogP contribution is -2.72. The molecule has 1 saturated heterocycles. The van der Waals surface area contributed by atoms with Gasteiger partial charge in [0.2, 0.25) is 5.91 Å². The lowest BCUT2D eigenvalue weighted by atomic mass is 10.00.